The summed E-state index contributed by atoms with van der Waals surface area (Å²) in [5.41, 5.74) is 1.78. The van der Waals surface area contributed by atoms with Crippen molar-refractivity contribution in [2.45, 2.75) is 57.3 Å². The zero-order valence-corrected chi connectivity index (χ0v) is 16.6. The highest BCUT2D eigenvalue weighted by atomic mass is 32.2. The Morgan fingerprint density at radius 3 is 2.31 bits per heavy atom. The molecule has 142 valence electrons. The lowest BCUT2D eigenvalue weighted by atomic mass is 9.69. The number of hydrogen-bond acceptors (Lipinski definition) is 3. The molecule has 0 N–H and O–H groups in total. The van der Waals surface area contributed by atoms with E-state index in [1.807, 2.05) is 26.0 Å². The number of carbonyl (C=O) groups is 1. The lowest BCUT2D eigenvalue weighted by molar-refractivity contribution is -0.132. The average molecular weight is 376 g/mol. The molecule has 0 spiro atoms. The van der Waals surface area contributed by atoms with Gasteiger partial charge in [-0.3, -0.25) is 4.79 Å². The molecule has 2 fully saturated rings. The number of ketones is 1. The van der Waals surface area contributed by atoms with Gasteiger partial charge in [-0.25, -0.2) is 8.42 Å². The van der Waals surface area contributed by atoms with Crippen molar-refractivity contribution in [3.8, 4) is 0 Å². The molecule has 0 aromatic heterocycles. The summed E-state index contributed by atoms with van der Waals surface area (Å²) in [7, 11) is -3.61. The molecule has 0 unspecified atom stereocenters. The van der Waals surface area contributed by atoms with Gasteiger partial charge in [0.1, 0.15) is 5.78 Å². The Balaban J connectivity index is 1.84. The van der Waals surface area contributed by atoms with Gasteiger partial charge in [-0.05, 0) is 43.2 Å². The predicted molar refractivity (Wildman–Crippen MR) is 103 cm³/mol. The topological polar surface area (TPSA) is 54.5 Å². The number of nitrogens with zero attached hydrogens (tertiary/aromatic N) is 1. The maximum Gasteiger partial charge on any atom is 0.243 e. The predicted octanol–water partition coefficient (Wildman–Crippen LogP) is 4.10. The van der Waals surface area contributed by atoms with Crippen LogP contribution in [0.1, 0.15) is 51.0 Å². The summed E-state index contributed by atoms with van der Waals surface area (Å²) in [6.45, 7) is 8.89. The van der Waals surface area contributed by atoms with Gasteiger partial charge in [0.15, 0.2) is 0 Å². The van der Waals surface area contributed by atoms with E-state index in [4.69, 9.17) is 0 Å². The third-order valence-electron chi connectivity index (χ3n) is 5.78. The van der Waals surface area contributed by atoms with E-state index in [9.17, 15) is 13.2 Å². The van der Waals surface area contributed by atoms with Crippen LogP contribution >= 0.6 is 0 Å². The molecule has 0 amide bonds. The average Bonchev–Trinajstić information content (AvgIpc) is 3.08. The van der Waals surface area contributed by atoms with Crippen LogP contribution in [0.15, 0.2) is 41.3 Å². The van der Waals surface area contributed by atoms with E-state index in [1.54, 1.807) is 16.4 Å². The first-order valence-electron chi connectivity index (χ1n) is 9.46. The fourth-order valence-corrected chi connectivity index (χ4v) is 5.81. The van der Waals surface area contributed by atoms with Crippen LogP contribution in [0.2, 0.25) is 0 Å². The first-order chi connectivity index (χ1) is 12.2. The Hall–Kier alpha value is -1.46. The lowest BCUT2D eigenvalue weighted by Gasteiger charge is -2.41. The molecule has 0 radical (unpaired) electrons. The Kier molecular flexibility index (Phi) is 5.40. The largest absolute Gasteiger partial charge is 0.300 e. The molecule has 2 aliphatic carbocycles. The molecule has 0 saturated heterocycles. The van der Waals surface area contributed by atoms with Crippen molar-refractivity contribution in [2.75, 3.05) is 13.1 Å². The van der Waals surface area contributed by atoms with Crippen molar-refractivity contribution < 1.29 is 13.2 Å². The van der Waals surface area contributed by atoms with Gasteiger partial charge < -0.3 is 0 Å². The second-order valence-corrected chi connectivity index (χ2v) is 10.4. The molecule has 5 heteroatoms. The van der Waals surface area contributed by atoms with Crippen LogP contribution in [0.5, 0.6) is 0 Å². The highest BCUT2D eigenvalue weighted by Crippen LogP contribution is 2.40. The fraction of sp³-hybridized carbons (Fsp3) is 0.571. The summed E-state index contributed by atoms with van der Waals surface area (Å²) in [6, 6.07) is 6.99. The number of benzene rings is 1. The van der Waals surface area contributed by atoms with Crippen molar-refractivity contribution in [1.29, 1.82) is 0 Å². The van der Waals surface area contributed by atoms with Crippen molar-refractivity contribution in [1.82, 2.24) is 4.31 Å². The van der Waals surface area contributed by atoms with Gasteiger partial charge in [0.25, 0.3) is 0 Å². The van der Waals surface area contributed by atoms with E-state index in [0.29, 0.717) is 36.7 Å². The van der Waals surface area contributed by atoms with Crippen LogP contribution in [0.25, 0.3) is 0 Å². The van der Waals surface area contributed by atoms with E-state index in [-0.39, 0.29) is 11.2 Å². The van der Waals surface area contributed by atoms with Gasteiger partial charge in [0.2, 0.25) is 10.0 Å². The Bertz CT molecular complexity index is 781. The number of carbonyl (C=O) groups excluding carboxylic acids is 1. The van der Waals surface area contributed by atoms with Crippen molar-refractivity contribution in [3.05, 3.63) is 42.0 Å². The van der Waals surface area contributed by atoms with E-state index < -0.39 is 10.0 Å². The van der Waals surface area contributed by atoms with Crippen LogP contribution in [0.4, 0.5) is 0 Å². The van der Waals surface area contributed by atoms with Gasteiger partial charge >= 0.3 is 0 Å². The highest BCUT2D eigenvalue weighted by Gasteiger charge is 2.43. The molecule has 26 heavy (non-hydrogen) atoms. The van der Waals surface area contributed by atoms with Crippen LogP contribution in [0, 0.1) is 18.3 Å². The van der Waals surface area contributed by atoms with Gasteiger partial charge in [-0.2, -0.15) is 4.31 Å². The van der Waals surface area contributed by atoms with Gasteiger partial charge in [-0.1, -0.05) is 49.6 Å². The molecule has 4 nitrogen and oxygen atoms in total. The fourth-order valence-electron chi connectivity index (χ4n) is 4.21. The second kappa shape index (κ2) is 7.28. The number of sulfonamides is 1. The molecule has 0 atom stereocenters. The second-order valence-electron chi connectivity index (χ2n) is 8.43. The summed E-state index contributed by atoms with van der Waals surface area (Å²) in [5, 5.41) is 0. The van der Waals surface area contributed by atoms with Crippen LogP contribution in [-0.4, -0.2) is 31.6 Å². The Labute approximate surface area is 157 Å². The van der Waals surface area contributed by atoms with Crippen LogP contribution in [0.3, 0.4) is 0 Å². The van der Waals surface area contributed by atoms with Crippen molar-refractivity contribution >= 4 is 15.8 Å². The molecule has 1 aromatic rings. The van der Waals surface area contributed by atoms with Gasteiger partial charge in [0.05, 0.1) is 4.90 Å². The smallest absolute Gasteiger partial charge is 0.243 e. The highest BCUT2D eigenvalue weighted by molar-refractivity contribution is 7.89. The minimum Gasteiger partial charge on any atom is -0.300 e. The van der Waals surface area contributed by atoms with Crippen molar-refractivity contribution in [3.63, 3.8) is 0 Å². The maximum absolute atomic E-state index is 13.3. The van der Waals surface area contributed by atoms with Crippen molar-refractivity contribution in [2.24, 2.45) is 11.3 Å². The molecule has 0 heterocycles. The molecular formula is C21H29NO3S. The summed E-state index contributed by atoms with van der Waals surface area (Å²) in [6.07, 6.45) is 5.52. The Morgan fingerprint density at radius 2 is 1.77 bits per heavy atom. The monoisotopic (exact) mass is 375 g/mol. The lowest BCUT2D eigenvalue weighted by Crippen LogP contribution is -2.47. The first-order valence-corrected chi connectivity index (χ1v) is 10.9. The molecule has 0 bridgehead atoms. The molecule has 2 saturated carbocycles. The minimum atomic E-state index is -3.61. The van der Waals surface area contributed by atoms with Crippen LogP contribution in [-0.2, 0) is 14.8 Å². The molecule has 2 aliphatic rings. The van der Waals surface area contributed by atoms with Gasteiger partial charge in [-0.15, -0.1) is 0 Å². The first kappa shape index (κ1) is 19.3. The normalized spacial score (nSPS) is 20.3. The SMILES string of the molecule is C=C(CN(CC1(C)CC(=O)C1)S(=O)(=O)c1ccc(C)cc1)C1CCCC1. The number of Topliss-reactive ketones (excluding diaryl/α,β-unsaturated/α-hetero) is 1. The quantitative estimate of drug-likeness (QED) is 0.674. The maximum atomic E-state index is 13.3. The summed E-state index contributed by atoms with van der Waals surface area (Å²) in [5.74, 6) is 0.636. The zero-order chi connectivity index (χ0) is 18.9. The molecule has 1 aromatic carbocycles. The van der Waals surface area contributed by atoms with Gasteiger partial charge in [0, 0.05) is 25.9 Å². The standard InChI is InChI=1S/C21H29NO3S/c1-16-8-10-20(11-9-16)26(24,25)22(15-21(3)12-19(23)13-21)14-17(2)18-6-4-5-7-18/h8-11,18H,2,4-7,12-15H2,1,3H3. The number of rotatable bonds is 7. The summed E-state index contributed by atoms with van der Waals surface area (Å²) < 4.78 is 28.1. The minimum absolute atomic E-state index is 0.217. The van der Waals surface area contributed by atoms with E-state index in [1.165, 1.54) is 12.8 Å². The molecular weight excluding hydrogens is 346 g/mol. The van der Waals surface area contributed by atoms with E-state index >= 15 is 0 Å². The van der Waals surface area contributed by atoms with Crippen LogP contribution < -0.4 is 0 Å². The zero-order valence-electron chi connectivity index (χ0n) is 15.8. The number of hydrogen-bond donors (Lipinski definition) is 0. The third-order valence-corrected chi connectivity index (χ3v) is 7.58. The molecule has 0 aliphatic heterocycles. The summed E-state index contributed by atoms with van der Waals surface area (Å²) >= 11 is 0. The molecule has 3 rings (SSSR count). The van der Waals surface area contributed by atoms with E-state index in [0.717, 1.165) is 24.0 Å². The third kappa shape index (κ3) is 4.09. The Morgan fingerprint density at radius 1 is 1.19 bits per heavy atom. The number of aryl methyl sites for hydroxylation is 1. The van der Waals surface area contributed by atoms with E-state index in [2.05, 4.69) is 6.58 Å². The summed E-state index contributed by atoms with van der Waals surface area (Å²) in [4.78, 5) is 11.8.